The standard InChI is InChI=1S/C16H27FN4/c1-12(2)10-19-16(18-3)20-11-15(21(4)5)13-7-6-8-14(17)9-13/h6-9,12,15H,10-11H2,1-5H3,(H2,18,19,20). The predicted octanol–water partition coefficient (Wildman–Crippen LogP) is 2.25. The van der Waals surface area contributed by atoms with E-state index in [2.05, 4.69) is 34.4 Å². The first kappa shape index (κ1) is 17.4. The highest BCUT2D eigenvalue weighted by Gasteiger charge is 2.15. The molecule has 0 aromatic heterocycles. The molecule has 0 saturated carbocycles. The molecule has 1 atom stereocenters. The molecule has 1 unspecified atom stereocenters. The summed E-state index contributed by atoms with van der Waals surface area (Å²) < 4.78 is 13.4. The van der Waals surface area contributed by atoms with E-state index in [9.17, 15) is 4.39 Å². The number of likely N-dealkylation sites (N-methyl/N-ethyl adjacent to an activating group) is 1. The van der Waals surface area contributed by atoms with Crippen molar-refractivity contribution in [3.63, 3.8) is 0 Å². The van der Waals surface area contributed by atoms with Crippen molar-refractivity contribution in [1.82, 2.24) is 15.5 Å². The van der Waals surface area contributed by atoms with Gasteiger partial charge in [-0.05, 0) is 37.7 Å². The van der Waals surface area contributed by atoms with E-state index >= 15 is 0 Å². The molecule has 2 N–H and O–H groups in total. The maximum Gasteiger partial charge on any atom is 0.191 e. The van der Waals surface area contributed by atoms with E-state index in [0.29, 0.717) is 12.5 Å². The van der Waals surface area contributed by atoms with Crippen LogP contribution in [-0.2, 0) is 0 Å². The van der Waals surface area contributed by atoms with Gasteiger partial charge in [-0.15, -0.1) is 0 Å². The van der Waals surface area contributed by atoms with E-state index in [1.54, 1.807) is 19.2 Å². The summed E-state index contributed by atoms with van der Waals surface area (Å²) in [6, 6.07) is 6.81. The van der Waals surface area contributed by atoms with Gasteiger partial charge in [0.1, 0.15) is 5.82 Å². The van der Waals surface area contributed by atoms with Gasteiger partial charge in [-0.2, -0.15) is 0 Å². The van der Waals surface area contributed by atoms with Gasteiger partial charge in [-0.3, -0.25) is 4.99 Å². The first-order valence-corrected chi connectivity index (χ1v) is 7.30. The number of halogens is 1. The Balaban J connectivity index is 2.67. The van der Waals surface area contributed by atoms with Gasteiger partial charge in [0.15, 0.2) is 5.96 Å². The Hall–Kier alpha value is -1.62. The molecule has 118 valence electrons. The summed E-state index contributed by atoms with van der Waals surface area (Å²) in [5.74, 6) is 1.12. The second-order valence-corrected chi connectivity index (χ2v) is 5.76. The van der Waals surface area contributed by atoms with Crippen molar-refractivity contribution in [2.75, 3.05) is 34.2 Å². The zero-order valence-electron chi connectivity index (χ0n) is 13.7. The van der Waals surface area contributed by atoms with Crippen LogP contribution in [0.3, 0.4) is 0 Å². The van der Waals surface area contributed by atoms with Crippen molar-refractivity contribution in [2.24, 2.45) is 10.9 Å². The molecular formula is C16H27FN4. The lowest BCUT2D eigenvalue weighted by Gasteiger charge is -2.26. The van der Waals surface area contributed by atoms with Crippen molar-refractivity contribution in [2.45, 2.75) is 19.9 Å². The molecule has 0 saturated heterocycles. The summed E-state index contributed by atoms with van der Waals surface area (Å²) in [4.78, 5) is 6.27. The summed E-state index contributed by atoms with van der Waals surface area (Å²) >= 11 is 0. The molecule has 0 spiro atoms. The quantitative estimate of drug-likeness (QED) is 0.624. The first-order chi connectivity index (χ1) is 9.93. The number of aliphatic imine (C=N–C) groups is 1. The number of rotatable bonds is 6. The van der Waals surface area contributed by atoms with Crippen LogP contribution in [0.25, 0.3) is 0 Å². The van der Waals surface area contributed by atoms with Crippen LogP contribution in [0.5, 0.6) is 0 Å². The van der Waals surface area contributed by atoms with Gasteiger partial charge in [-0.25, -0.2) is 4.39 Å². The molecule has 1 rings (SSSR count). The third-order valence-corrected chi connectivity index (χ3v) is 3.22. The summed E-state index contributed by atoms with van der Waals surface area (Å²) in [6.45, 7) is 5.83. The number of guanidine groups is 1. The third-order valence-electron chi connectivity index (χ3n) is 3.22. The van der Waals surface area contributed by atoms with Crippen LogP contribution in [0, 0.1) is 11.7 Å². The Morgan fingerprint density at radius 1 is 1.24 bits per heavy atom. The van der Waals surface area contributed by atoms with E-state index in [0.717, 1.165) is 18.1 Å². The maximum atomic E-state index is 13.4. The predicted molar refractivity (Wildman–Crippen MR) is 87.0 cm³/mol. The molecule has 0 heterocycles. The van der Waals surface area contributed by atoms with Gasteiger partial charge in [0.2, 0.25) is 0 Å². The molecule has 0 bridgehead atoms. The molecule has 4 nitrogen and oxygen atoms in total. The van der Waals surface area contributed by atoms with Crippen molar-refractivity contribution < 1.29 is 4.39 Å². The fourth-order valence-corrected chi connectivity index (χ4v) is 2.03. The largest absolute Gasteiger partial charge is 0.356 e. The Bertz CT molecular complexity index is 457. The lowest BCUT2D eigenvalue weighted by Crippen LogP contribution is -2.42. The Morgan fingerprint density at radius 3 is 2.43 bits per heavy atom. The minimum Gasteiger partial charge on any atom is -0.356 e. The van der Waals surface area contributed by atoms with Crippen LogP contribution < -0.4 is 10.6 Å². The van der Waals surface area contributed by atoms with E-state index in [-0.39, 0.29) is 11.9 Å². The minimum atomic E-state index is -0.207. The Kier molecular flexibility index (Phi) is 7.15. The number of nitrogens with one attached hydrogen (secondary N) is 2. The van der Waals surface area contributed by atoms with E-state index in [1.807, 2.05) is 20.2 Å². The average molecular weight is 294 g/mol. The van der Waals surface area contributed by atoms with Crippen molar-refractivity contribution in [1.29, 1.82) is 0 Å². The van der Waals surface area contributed by atoms with Gasteiger partial charge in [0.05, 0.1) is 6.04 Å². The molecule has 0 radical (unpaired) electrons. The number of nitrogens with zero attached hydrogens (tertiary/aromatic N) is 2. The highest BCUT2D eigenvalue weighted by Crippen LogP contribution is 2.18. The summed E-state index contributed by atoms with van der Waals surface area (Å²) in [5, 5.41) is 6.57. The normalized spacial score (nSPS) is 13.6. The summed E-state index contributed by atoms with van der Waals surface area (Å²) in [6.07, 6.45) is 0. The summed E-state index contributed by atoms with van der Waals surface area (Å²) in [5.41, 5.74) is 0.951. The SMILES string of the molecule is CN=C(NCC(C)C)NCC(c1cccc(F)c1)N(C)C. The van der Waals surface area contributed by atoms with Gasteiger partial charge in [-0.1, -0.05) is 26.0 Å². The molecule has 0 aliphatic rings. The topological polar surface area (TPSA) is 39.7 Å². The molecule has 0 amide bonds. The Morgan fingerprint density at radius 2 is 1.90 bits per heavy atom. The fraction of sp³-hybridized carbons (Fsp3) is 0.562. The monoisotopic (exact) mass is 294 g/mol. The molecule has 0 fully saturated rings. The fourth-order valence-electron chi connectivity index (χ4n) is 2.03. The van der Waals surface area contributed by atoms with Gasteiger partial charge in [0.25, 0.3) is 0 Å². The van der Waals surface area contributed by atoms with Crippen LogP contribution in [0.2, 0.25) is 0 Å². The number of hydrogen-bond donors (Lipinski definition) is 2. The van der Waals surface area contributed by atoms with Gasteiger partial charge < -0.3 is 15.5 Å². The molecule has 1 aromatic rings. The van der Waals surface area contributed by atoms with E-state index in [1.165, 1.54) is 6.07 Å². The van der Waals surface area contributed by atoms with Crippen molar-refractivity contribution >= 4 is 5.96 Å². The smallest absolute Gasteiger partial charge is 0.191 e. The van der Waals surface area contributed by atoms with Crippen LogP contribution in [0.15, 0.2) is 29.3 Å². The highest BCUT2D eigenvalue weighted by atomic mass is 19.1. The lowest BCUT2D eigenvalue weighted by atomic mass is 10.1. The van der Waals surface area contributed by atoms with E-state index < -0.39 is 0 Å². The maximum absolute atomic E-state index is 13.4. The van der Waals surface area contributed by atoms with Crippen LogP contribution in [0.1, 0.15) is 25.5 Å². The lowest BCUT2D eigenvalue weighted by molar-refractivity contribution is 0.297. The van der Waals surface area contributed by atoms with Crippen molar-refractivity contribution in [3.8, 4) is 0 Å². The number of hydrogen-bond acceptors (Lipinski definition) is 2. The third kappa shape index (κ3) is 6.12. The number of benzene rings is 1. The first-order valence-electron chi connectivity index (χ1n) is 7.30. The van der Waals surface area contributed by atoms with Crippen LogP contribution in [0.4, 0.5) is 4.39 Å². The van der Waals surface area contributed by atoms with Crippen molar-refractivity contribution in [3.05, 3.63) is 35.6 Å². The van der Waals surface area contributed by atoms with Gasteiger partial charge in [0, 0.05) is 20.1 Å². The van der Waals surface area contributed by atoms with Gasteiger partial charge >= 0.3 is 0 Å². The average Bonchev–Trinajstić information content (AvgIpc) is 2.42. The second kappa shape index (κ2) is 8.62. The van der Waals surface area contributed by atoms with Crippen LogP contribution >= 0.6 is 0 Å². The highest BCUT2D eigenvalue weighted by molar-refractivity contribution is 5.79. The van der Waals surface area contributed by atoms with E-state index in [4.69, 9.17) is 0 Å². The zero-order chi connectivity index (χ0) is 15.8. The minimum absolute atomic E-state index is 0.0818. The molecule has 21 heavy (non-hydrogen) atoms. The molecule has 1 aromatic carbocycles. The summed E-state index contributed by atoms with van der Waals surface area (Å²) in [7, 11) is 5.73. The molecule has 5 heteroatoms. The molecular weight excluding hydrogens is 267 g/mol. The molecule has 0 aliphatic carbocycles. The second-order valence-electron chi connectivity index (χ2n) is 5.76. The zero-order valence-corrected chi connectivity index (χ0v) is 13.7. The Labute approximate surface area is 127 Å². The van der Waals surface area contributed by atoms with Crippen LogP contribution in [-0.4, -0.2) is 45.1 Å². The molecule has 0 aliphatic heterocycles.